The third kappa shape index (κ3) is 8.70. The molecule has 0 atom stereocenters. The fourth-order valence-electron chi connectivity index (χ4n) is 7.59. The summed E-state index contributed by atoms with van der Waals surface area (Å²) < 4.78 is 135. The lowest BCUT2D eigenvalue weighted by atomic mass is 10.0. The van der Waals surface area contributed by atoms with Crippen molar-refractivity contribution in [2.24, 2.45) is 0 Å². The molecule has 0 unspecified atom stereocenters. The predicted molar refractivity (Wildman–Crippen MR) is 243 cm³/mol. The van der Waals surface area contributed by atoms with Gasteiger partial charge in [0.15, 0.2) is 0 Å². The molecule has 7 aromatic rings. The number of rotatable bonds is 8. The number of nitrogens with one attached hydrogen (secondary N) is 2. The Morgan fingerprint density at radius 3 is 0.662 bits per heavy atom. The van der Waals surface area contributed by atoms with Crippen LogP contribution in [0.3, 0.4) is 0 Å². The number of benzene rings is 4. The lowest BCUT2D eigenvalue weighted by Gasteiger charge is -2.08. The molecule has 65 heavy (non-hydrogen) atoms. The van der Waals surface area contributed by atoms with Gasteiger partial charge in [-0.05, 0) is 119 Å². The molecule has 0 radical (unpaired) electrons. The molecule has 2 aliphatic heterocycles. The van der Waals surface area contributed by atoms with Crippen LogP contribution < -0.4 is 0 Å². The number of hydrogen-bond acceptors (Lipinski definition) is 10. The summed E-state index contributed by atoms with van der Waals surface area (Å²) in [5.41, 5.74) is 7.41. The van der Waals surface area contributed by atoms with Crippen LogP contribution in [0.15, 0.2) is 141 Å². The molecule has 0 amide bonds. The van der Waals surface area contributed by atoms with Crippen LogP contribution in [-0.2, 0) is 40.5 Å². The maximum atomic E-state index is 12.0. The van der Waals surface area contributed by atoms with Gasteiger partial charge in [0.1, 0.15) is 0 Å². The number of aromatic amines is 2. The van der Waals surface area contributed by atoms with Crippen LogP contribution in [0.25, 0.3) is 90.9 Å². The van der Waals surface area contributed by atoms with Gasteiger partial charge in [-0.15, -0.1) is 0 Å². The van der Waals surface area contributed by atoms with Gasteiger partial charge in [-0.2, -0.15) is 33.7 Å². The van der Waals surface area contributed by atoms with Crippen molar-refractivity contribution in [1.82, 2.24) is 19.9 Å². The van der Waals surface area contributed by atoms with Gasteiger partial charge < -0.3 is 15.4 Å². The van der Waals surface area contributed by atoms with Crippen LogP contribution in [0.4, 0.5) is 0 Å². The zero-order valence-corrected chi connectivity index (χ0v) is 36.2. The van der Waals surface area contributed by atoms with E-state index >= 15 is 0 Å². The first-order valence-electron chi connectivity index (χ1n) is 18.7. The minimum absolute atomic E-state index is 0. The average molecular weight is 953 g/mol. The maximum Gasteiger partial charge on any atom is 0.294 e. The van der Waals surface area contributed by atoms with Gasteiger partial charge in [0, 0.05) is 44.3 Å². The van der Waals surface area contributed by atoms with Gasteiger partial charge in [-0.25, -0.2) is 9.97 Å². The lowest BCUT2D eigenvalue weighted by molar-refractivity contribution is 0.481. The monoisotopic (exact) mass is 952 g/mol. The average Bonchev–Trinajstić information content (AvgIpc) is 4.08. The van der Waals surface area contributed by atoms with Gasteiger partial charge in [-0.3, -0.25) is 18.2 Å². The molecule has 5 heterocycles. The van der Waals surface area contributed by atoms with E-state index in [9.17, 15) is 51.9 Å². The van der Waals surface area contributed by atoms with Gasteiger partial charge in [0.25, 0.3) is 40.5 Å². The normalized spacial score (nSPS) is 12.9. The summed E-state index contributed by atoms with van der Waals surface area (Å²) in [5, 5.41) is 0. The molecule has 21 heteroatoms. The van der Waals surface area contributed by atoms with E-state index in [1.54, 1.807) is 48.6 Å². The molecule has 17 nitrogen and oxygen atoms in total. The second-order valence-electron chi connectivity index (χ2n) is 14.5. The summed E-state index contributed by atoms with van der Waals surface area (Å²) in [6, 6.07) is 29.0. The second-order valence-corrected chi connectivity index (χ2v) is 20.2. The minimum Gasteiger partial charge on any atom is -0.412 e. The van der Waals surface area contributed by atoms with Crippen LogP contribution in [-0.4, -0.2) is 77.3 Å². The van der Waals surface area contributed by atoms with Crippen molar-refractivity contribution in [3.05, 3.63) is 144 Å². The fraction of sp³-hybridized carbons (Fsp3) is 0. The molecule has 4 aromatic carbocycles. The Hall–Kier alpha value is -6.92. The Morgan fingerprint density at radius 1 is 0.308 bits per heavy atom. The van der Waals surface area contributed by atoms with Crippen LogP contribution in [0.1, 0.15) is 22.8 Å². The lowest BCUT2D eigenvalue weighted by Crippen LogP contribution is -1.98. The smallest absolute Gasteiger partial charge is 0.294 e. The first kappa shape index (κ1) is 44.7. The Kier molecular flexibility index (Phi) is 11.2. The van der Waals surface area contributed by atoms with E-state index in [1.165, 1.54) is 97.1 Å². The van der Waals surface area contributed by atoms with Crippen molar-refractivity contribution in [3.63, 3.8) is 0 Å². The molecule has 2 aliphatic rings. The molecule has 0 fully saturated rings. The molecule has 0 saturated heterocycles. The van der Waals surface area contributed by atoms with E-state index in [1.807, 2.05) is 0 Å². The Bertz CT molecular complexity index is 3300. The van der Waals surface area contributed by atoms with Crippen molar-refractivity contribution in [3.8, 4) is 44.5 Å². The largest absolute Gasteiger partial charge is 0.412 e. The highest BCUT2D eigenvalue weighted by Gasteiger charge is 2.21. The number of H-pyrrole nitrogens is 2. The predicted octanol–water partition coefficient (Wildman–Crippen LogP) is 7.49. The Balaban J connectivity index is 0.00000576. The third-order valence-electron chi connectivity index (χ3n) is 10.5. The standard InChI is InChI=1S/C44H30N4O12S4.H2O/c49-61(50,51)29-9-1-25(2-10-29)41-33-17-19-35(45-33)42(26-3-11-30(12-4-26)62(52,53)54)37-21-23-39(47-37)44(28-7-15-32(16-8-28)64(58,59)60)40-24-22-38(48-40)43(36-20-18-34(41)46-36)27-5-13-31(14-6-27)63(55,56)57;/h1-24,45,48H,(H,49,50,51)(H,52,53,54)(H,55,56,57)(H,58,59,60);1H2. The highest BCUT2D eigenvalue weighted by Crippen LogP contribution is 2.39. The fourth-order valence-corrected chi connectivity index (χ4v) is 9.51. The SMILES string of the molecule is O.O=S(=O)(O)c1ccc(-c2c3nc(c(-c4ccc(S(=O)(=O)O)cc4)c4ccc([nH]4)c(-c4ccc(S(=O)(=O)O)cc4)c4nc(c(-c5ccc(S(=O)(=O)O)cc5)c5ccc2[nH]5)C=C4)C=C3)cc1. The number of fused-ring (bicyclic) bond motifs is 8. The van der Waals surface area contributed by atoms with E-state index in [-0.39, 0.29) is 25.1 Å². The molecule has 8 bridgehead atoms. The van der Waals surface area contributed by atoms with Crippen molar-refractivity contribution in [2.75, 3.05) is 0 Å². The van der Waals surface area contributed by atoms with Crippen molar-refractivity contribution < 1.29 is 57.4 Å². The number of hydrogen-bond donors (Lipinski definition) is 6. The molecule has 8 N–H and O–H groups in total. The Labute approximate surface area is 370 Å². The highest BCUT2D eigenvalue weighted by atomic mass is 32.2. The van der Waals surface area contributed by atoms with Gasteiger partial charge in [-0.1, -0.05) is 48.5 Å². The first-order chi connectivity index (χ1) is 30.2. The van der Waals surface area contributed by atoms with Gasteiger partial charge >= 0.3 is 0 Å². The van der Waals surface area contributed by atoms with Crippen molar-refractivity contribution in [1.29, 1.82) is 0 Å². The molecular weight excluding hydrogens is 921 g/mol. The van der Waals surface area contributed by atoms with E-state index in [0.717, 1.165) is 0 Å². The second kappa shape index (κ2) is 16.3. The Morgan fingerprint density at radius 2 is 0.492 bits per heavy atom. The zero-order chi connectivity index (χ0) is 45.3. The van der Waals surface area contributed by atoms with Crippen LogP contribution in [0.5, 0.6) is 0 Å². The van der Waals surface area contributed by atoms with E-state index in [0.29, 0.717) is 89.4 Å². The van der Waals surface area contributed by atoms with E-state index in [4.69, 9.17) is 9.97 Å². The molecule has 9 rings (SSSR count). The number of nitrogens with zero attached hydrogens (tertiary/aromatic N) is 2. The molecule has 330 valence electrons. The molecule has 0 spiro atoms. The minimum atomic E-state index is -4.55. The van der Waals surface area contributed by atoms with Crippen LogP contribution in [0.2, 0.25) is 0 Å². The van der Waals surface area contributed by atoms with Crippen LogP contribution in [0, 0.1) is 0 Å². The molecule has 0 aliphatic carbocycles. The molecule has 3 aromatic heterocycles. The third-order valence-corrected chi connectivity index (χ3v) is 14.0. The maximum absolute atomic E-state index is 12.0. The zero-order valence-electron chi connectivity index (χ0n) is 32.9. The summed E-state index contributed by atoms with van der Waals surface area (Å²) in [7, 11) is -18.2. The highest BCUT2D eigenvalue weighted by molar-refractivity contribution is 7.86. The topological polar surface area (TPSA) is 306 Å². The summed E-state index contributed by atoms with van der Waals surface area (Å²) in [6.45, 7) is 0. The van der Waals surface area contributed by atoms with Crippen molar-refractivity contribution in [2.45, 2.75) is 19.6 Å². The molecule has 0 saturated carbocycles. The van der Waals surface area contributed by atoms with E-state index < -0.39 is 40.5 Å². The van der Waals surface area contributed by atoms with Gasteiger partial charge in [0.05, 0.1) is 42.4 Å². The van der Waals surface area contributed by atoms with Gasteiger partial charge in [0.2, 0.25) is 0 Å². The quantitative estimate of drug-likeness (QED) is 0.0805. The summed E-state index contributed by atoms with van der Waals surface area (Å²) in [6.07, 6.45) is 6.92. The van der Waals surface area contributed by atoms with E-state index in [2.05, 4.69) is 9.97 Å². The summed E-state index contributed by atoms with van der Waals surface area (Å²) >= 11 is 0. The molecular formula is C44H32N4O13S4. The summed E-state index contributed by atoms with van der Waals surface area (Å²) in [4.78, 5) is 15.6. The first-order valence-corrected chi connectivity index (χ1v) is 24.5. The van der Waals surface area contributed by atoms with Crippen molar-refractivity contribution >= 4 is 86.8 Å². The van der Waals surface area contributed by atoms with Crippen LogP contribution >= 0.6 is 0 Å². The summed E-state index contributed by atoms with van der Waals surface area (Å²) in [5.74, 6) is 0. The number of aromatic nitrogens is 4.